The first-order chi connectivity index (χ1) is 11.8. The van der Waals surface area contributed by atoms with Gasteiger partial charge in [-0.05, 0) is 61.9 Å². The summed E-state index contributed by atoms with van der Waals surface area (Å²) in [5, 5.41) is 13.9. The minimum absolute atomic E-state index is 0. The average molecular weight is 405 g/mol. The Morgan fingerprint density at radius 1 is 1.04 bits per heavy atom. The maximum atomic E-state index is 10.5. The molecular formula is C20H34Cl2N2O2. The Kier molecular flexibility index (Phi) is 11.8. The van der Waals surface area contributed by atoms with Crippen molar-refractivity contribution in [2.24, 2.45) is 0 Å². The highest BCUT2D eigenvalue weighted by molar-refractivity contribution is 5.85. The van der Waals surface area contributed by atoms with E-state index >= 15 is 0 Å². The predicted molar refractivity (Wildman–Crippen MR) is 112 cm³/mol. The van der Waals surface area contributed by atoms with Gasteiger partial charge in [0.25, 0.3) is 0 Å². The van der Waals surface area contributed by atoms with E-state index < -0.39 is 6.10 Å². The molecule has 0 radical (unpaired) electrons. The Bertz CT molecular complexity index is 511. The number of nitrogens with one attached hydrogen (secondary N) is 1. The number of hydrogen-bond acceptors (Lipinski definition) is 4. The van der Waals surface area contributed by atoms with E-state index in [4.69, 9.17) is 4.74 Å². The number of benzene rings is 1. The van der Waals surface area contributed by atoms with Gasteiger partial charge in [-0.1, -0.05) is 24.6 Å². The molecule has 1 aliphatic carbocycles. The number of halogens is 2. The minimum Gasteiger partial charge on any atom is -0.387 e. The van der Waals surface area contributed by atoms with E-state index in [2.05, 4.69) is 28.4 Å². The molecule has 1 aromatic carbocycles. The van der Waals surface area contributed by atoms with Crippen LogP contribution in [0.5, 0.6) is 0 Å². The second-order valence-electron chi connectivity index (χ2n) is 7.12. The molecule has 1 aliphatic heterocycles. The van der Waals surface area contributed by atoms with Crippen LogP contribution in [0.2, 0.25) is 0 Å². The summed E-state index contributed by atoms with van der Waals surface area (Å²) in [5.74, 6) is 0. The summed E-state index contributed by atoms with van der Waals surface area (Å²) >= 11 is 0. The zero-order chi connectivity index (χ0) is 16.6. The monoisotopic (exact) mass is 404 g/mol. The molecule has 2 N–H and O–H groups in total. The fraction of sp³-hybridized carbons (Fsp3) is 0.700. The van der Waals surface area contributed by atoms with Gasteiger partial charge in [0.1, 0.15) is 0 Å². The topological polar surface area (TPSA) is 44.7 Å². The first-order valence-corrected chi connectivity index (χ1v) is 9.63. The lowest BCUT2D eigenvalue weighted by Crippen LogP contribution is -2.37. The smallest absolute Gasteiger partial charge is 0.0914 e. The zero-order valence-corrected chi connectivity index (χ0v) is 17.3. The highest BCUT2D eigenvalue weighted by Gasteiger charge is 2.13. The lowest BCUT2D eigenvalue weighted by atomic mass is 9.98. The van der Waals surface area contributed by atoms with Crippen molar-refractivity contribution in [3.05, 3.63) is 34.9 Å². The van der Waals surface area contributed by atoms with Crippen LogP contribution >= 0.6 is 24.8 Å². The van der Waals surface area contributed by atoms with E-state index in [0.29, 0.717) is 6.54 Å². The summed E-state index contributed by atoms with van der Waals surface area (Å²) in [7, 11) is 0. The van der Waals surface area contributed by atoms with Crippen LogP contribution < -0.4 is 5.32 Å². The summed E-state index contributed by atoms with van der Waals surface area (Å²) in [6.45, 7) is 6.55. The van der Waals surface area contributed by atoms with Crippen LogP contribution in [0.15, 0.2) is 18.2 Å². The van der Waals surface area contributed by atoms with Crippen molar-refractivity contribution >= 4 is 24.8 Å². The Labute approximate surface area is 170 Å². The largest absolute Gasteiger partial charge is 0.387 e. The Hall–Kier alpha value is -0.360. The summed E-state index contributed by atoms with van der Waals surface area (Å²) in [6, 6.07) is 6.59. The molecule has 0 spiro atoms. The molecule has 1 saturated heterocycles. The van der Waals surface area contributed by atoms with Crippen molar-refractivity contribution in [2.45, 2.75) is 44.6 Å². The number of aliphatic hydroxyl groups is 1. The molecular weight excluding hydrogens is 371 g/mol. The fourth-order valence-electron chi connectivity index (χ4n) is 3.75. The highest BCUT2D eigenvalue weighted by Crippen LogP contribution is 2.24. The molecule has 0 saturated carbocycles. The fourth-order valence-corrected chi connectivity index (χ4v) is 3.75. The van der Waals surface area contributed by atoms with Crippen molar-refractivity contribution < 1.29 is 9.84 Å². The van der Waals surface area contributed by atoms with Gasteiger partial charge in [-0.2, -0.15) is 0 Å². The SMILES string of the molecule is Cl.Cl.OC(CNCCCN1CCOCC1)c1ccc2c(c1)CCCCC2. The molecule has 1 aromatic rings. The Morgan fingerprint density at radius 2 is 1.77 bits per heavy atom. The van der Waals surface area contributed by atoms with Crippen molar-refractivity contribution in [1.29, 1.82) is 0 Å². The number of morpholine rings is 1. The molecule has 2 aliphatic rings. The molecule has 1 atom stereocenters. The number of nitrogens with zero attached hydrogens (tertiary/aromatic N) is 1. The van der Waals surface area contributed by atoms with Gasteiger partial charge >= 0.3 is 0 Å². The van der Waals surface area contributed by atoms with Crippen LogP contribution in [-0.4, -0.2) is 55.9 Å². The van der Waals surface area contributed by atoms with Gasteiger partial charge in [0, 0.05) is 19.6 Å². The van der Waals surface area contributed by atoms with Gasteiger partial charge in [-0.3, -0.25) is 4.90 Å². The lowest BCUT2D eigenvalue weighted by molar-refractivity contribution is 0.0373. The van der Waals surface area contributed by atoms with Gasteiger partial charge in [-0.25, -0.2) is 0 Å². The number of aryl methyl sites for hydroxylation is 2. The summed E-state index contributed by atoms with van der Waals surface area (Å²) in [4.78, 5) is 2.45. The third kappa shape index (κ3) is 7.34. The van der Waals surface area contributed by atoms with Crippen LogP contribution in [0.25, 0.3) is 0 Å². The molecule has 3 rings (SSSR count). The van der Waals surface area contributed by atoms with Gasteiger partial charge in [0.05, 0.1) is 19.3 Å². The minimum atomic E-state index is -0.401. The summed E-state index contributed by atoms with van der Waals surface area (Å²) in [5.41, 5.74) is 4.01. The maximum Gasteiger partial charge on any atom is 0.0914 e. The Balaban J connectivity index is 0.00000169. The maximum absolute atomic E-state index is 10.5. The van der Waals surface area contributed by atoms with Crippen LogP contribution in [-0.2, 0) is 17.6 Å². The molecule has 0 aromatic heterocycles. The number of aliphatic hydroxyl groups excluding tert-OH is 1. The zero-order valence-electron chi connectivity index (χ0n) is 15.6. The number of fused-ring (bicyclic) bond motifs is 1. The predicted octanol–water partition coefficient (Wildman–Crippen LogP) is 3.14. The van der Waals surface area contributed by atoms with Crippen molar-refractivity contribution in [1.82, 2.24) is 10.2 Å². The molecule has 4 nitrogen and oxygen atoms in total. The van der Waals surface area contributed by atoms with E-state index in [1.54, 1.807) is 0 Å². The van der Waals surface area contributed by atoms with Gasteiger partial charge in [-0.15, -0.1) is 24.8 Å². The quantitative estimate of drug-likeness (QED) is 0.541. The third-order valence-corrected chi connectivity index (χ3v) is 5.28. The lowest BCUT2D eigenvalue weighted by Gasteiger charge is -2.26. The number of ether oxygens (including phenoxy) is 1. The number of rotatable bonds is 7. The molecule has 6 heteroatoms. The molecule has 150 valence electrons. The molecule has 0 amide bonds. The van der Waals surface area contributed by atoms with E-state index in [1.165, 1.54) is 43.2 Å². The van der Waals surface area contributed by atoms with Crippen LogP contribution in [0.1, 0.15) is 48.5 Å². The van der Waals surface area contributed by atoms with Crippen molar-refractivity contribution in [3.63, 3.8) is 0 Å². The van der Waals surface area contributed by atoms with Crippen LogP contribution in [0.3, 0.4) is 0 Å². The Morgan fingerprint density at radius 3 is 2.54 bits per heavy atom. The van der Waals surface area contributed by atoms with E-state index in [0.717, 1.165) is 51.4 Å². The van der Waals surface area contributed by atoms with E-state index in [9.17, 15) is 5.11 Å². The molecule has 1 fully saturated rings. The summed E-state index contributed by atoms with van der Waals surface area (Å²) < 4.78 is 5.36. The van der Waals surface area contributed by atoms with E-state index in [-0.39, 0.29) is 24.8 Å². The van der Waals surface area contributed by atoms with Crippen molar-refractivity contribution in [2.75, 3.05) is 45.9 Å². The second-order valence-corrected chi connectivity index (χ2v) is 7.12. The van der Waals surface area contributed by atoms with Gasteiger partial charge in [0.15, 0.2) is 0 Å². The second kappa shape index (κ2) is 12.9. The molecule has 26 heavy (non-hydrogen) atoms. The van der Waals surface area contributed by atoms with Crippen LogP contribution in [0, 0.1) is 0 Å². The molecule has 1 unspecified atom stereocenters. The average Bonchev–Trinajstić information content (AvgIpc) is 2.87. The third-order valence-electron chi connectivity index (χ3n) is 5.28. The normalized spacial score (nSPS) is 18.8. The molecule has 0 bridgehead atoms. The first kappa shape index (κ1) is 23.7. The van der Waals surface area contributed by atoms with Gasteiger partial charge < -0.3 is 15.2 Å². The first-order valence-electron chi connectivity index (χ1n) is 9.63. The number of hydrogen-bond donors (Lipinski definition) is 2. The van der Waals surface area contributed by atoms with Crippen molar-refractivity contribution in [3.8, 4) is 0 Å². The highest BCUT2D eigenvalue weighted by atomic mass is 35.5. The van der Waals surface area contributed by atoms with E-state index in [1.807, 2.05) is 0 Å². The van der Waals surface area contributed by atoms with Gasteiger partial charge in [0.2, 0.25) is 0 Å². The molecule has 1 heterocycles. The standard InChI is InChI=1S/C20H32N2O2.2ClH/c23-20(16-21-9-4-10-22-11-13-24-14-12-22)19-8-7-17-5-2-1-3-6-18(17)15-19;;/h7-8,15,20-21,23H,1-6,9-14,16H2;2*1H. The summed E-state index contributed by atoms with van der Waals surface area (Å²) in [6.07, 6.45) is 7.01. The van der Waals surface area contributed by atoms with Crippen LogP contribution in [0.4, 0.5) is 0 Å².